The average Bonchev–Trinajstić information content (AvgIpc) is 2.47. The van der Waals surface area contributed by atoms with Crippen molar-refractivity contribution in [3.8, 4) is 0 Å². The minimum absolute atomic E-state index is 0.0680. The molecule has 0 saturated carbocycles. The second-order valence-electron chi connectivity index (χ2n) is 5.35. The molecule has 1 heterocycles. The van der Waals surface area contributed by atoms with Gasteiger partial charge in [0.2, 0.25) is 5.91 Å². The third-order valence-corrected chi connectivity index (χ3v) is 3.76. The SMILES string of the molecule is CCCc1ccc(C(=O)N2CCCCC2)c(C(N)=O)c1. The maximum absolute atomic E-state index is 12.5. The molecule has 2 rings (SSSR count). The first kappa shape index (κ1) is 14.6. The van der Waals surface area contributed by atoms with Gasteiger partial charge in [-0.1, -0.05) is 19.4 Å². The van der Waals surface area contributed by atoms with Gasteiger partial charge in [-0.2, -0.15) is 0 Å². The fourth-order valence-electron chi connectivity index (χ4n) is 2.69. The van der Waals surface area contributed by atoms with Crippen molar-refractivity contribution in [3.63, 3.8) is 0 Å². The topological polar surface area (TPSA) is 63.4 Å². The highest BCUT2D eigenvalue weighted by molar-refractivity contribution is 6.06. The second kappa shape index (κ2) is 6.55. The molecular weight excluding hydrogens is 252 g/mol. The molecule has 1 aromatic rings. The molecule has 108 valence electrons. The van der Waals surface area contributed by atoms with E-state index < -0.39 is 5.91 Å². The average molecular weight is 274 g/mol. The molecule has 1 aliphatic rings. The summed E-state index contributed by atoms with van der Waals surface area (Å²) < 4.78 is 0. The second-order valence-corrected chi connectivity index (χ2v) is 5.35. The van der Waals surface area contributed by atoms with Crippen molar-refractivity contribution in [2.75, 3.05) is 13.1 Å². The van der Waals surface area contributed by atoms with Crippen LogP contribution in [0.5, 0.6) is 0 Å². The number of amides is 2. The molecule has 0 atom stereocenters. The number of rotatable bonds is 4. The largest absolute Gasteiger partial charge is 0.366 e. The lowest BCUT2D eigenvalue weighted by atomic mass is 9.99. The van der Waals surface area contributed by atoms with Crippen LogP contribution in [0, 0.1) is 0 Å². The third kappa shape index (κ3) is 3.18. The lowest BCUT2D eigenvalue weighted by Crippen LogP contribution is -2.36. The van der Waals surface area contributed by atoms with Gasteiger partial charge in [-0.25, -0.2) is 0 Å². The van der Waals surface area contributed by atoms with E-state index in [0.717, 1.165) is 44.3 Å². The molecule has 2 amide bonds. The zero-order valence-corrected chi connectivity index (χ0v) is 12.0. The van der Waals surface area contributed by atoms with Crippen LogP contribution >= 0.6 is 0 Å². The highest BCUT2D eigenvalue weighted by Gasteiger charge is 2.22. The Balaban J connectivity index is 2.29. The minimum Gasteiger partial charge on any atom is -0.366 e. The fraction of sp³-hybridized carbons (Fsp3) is 0.500. The van der Waals surface area contributed by atoms with Gasteiger partial charge in [0.05, 0.1) is 11.1 Å². The lowest BCUT2D eigenvalue weighted by molar-refractivity contribution is 0.0719. The normalized spacial score (nSPS) is 15.2. The van der Waals surface area contributed by atoms with E-state index in [-0.39, 0.29) is 5.91 Å². The molecule has 0 bridgehead atoms. The van der Waals surface area contributed by atoms with Crippen molar-refractivity contribution in [2.45, 2.75) is 39.0 Å². The summed E-state index contributed by atoms with van der Waals surface area (Å²) in [5, 5.41) is 0. The molecule has 20 heavy (non-hydrogen) atoms. The maximum Gasteiger partial charge on any atom is 0.254 e. The van der Waals surface area contributed by atoms with Crippen LogP contribution in [0.25, 0.3) is 0 Å². The Labute approximate surface area is 119 Å². The van der Waals surface area contributed by atoms with Crippen LogP contribution in [-0.4, -0.2) is 29.8 Å². The first-order valence-corrected chi connectivity index (χ1v) is 7.35. The molecule has 1 fully saturated rings. The van der Waals surface area contributed by atoms with E-state index in [1.165, 1.54) is 6.42 Å². The molecule has 0 radical (unpaired) electrons. The van der Waals surface area contributed by atoms with E-state index in [4.69, 9.17) is 5.73 Å². The molecule has 2 N–H and O–H groups in total. The number of nitrogens with zero attached hydrogens (tertiary/aromatic N) is 1. The van der Waals surface area contributed by atoms with Gasteiger partial charge in [-0.15, -0.1) is 0 Å². The van der Waals surface area contributed by atoms with Gasteiger partial charge in [-0.3, -0.25) is 9.59 Å². The van der Waals surface area contributed by atoms with Gasteiger partial charge in [0.25, 0.3) is 5.91 Å². The molecule has 0 aromatic heterocycles. The fourth-order valence-corrected chi connectivity index (χ4v) is 2.69. The number of nitrogens with two attached hydrogens (primary N) is 1. The maximum atomic E-state index is 12.5. The monoisotopic (exact) mass is 274 g/mol. The number of likely N-dealkylation sites (tertiary alicyclic amines) is 1. The van der Waals surface area contributed by atoms with E-state index in [1.54, 1.807) is 12.1 Å². The van der Waals surface area contributed by atoms with Crippen LogP contribution in [0.3, 0.4) is 0 Å². The van der Waals surface area contributed by atoms with Gasteiger partial charge in [0.1, 0.15) is 0 Å². The molecule has 4 nitrogen and oxygen atoms in total. The number of benzene rings is 1. The number of aryl methyl sites for hydroxylation is 1. The number of piperidine rings is 1. The van der Waals surface area contributed by atoms with Crippen molar-refractivity contribution >= 4 is 11.8 Å². The van der Waals surface area contributed by atoms with Crippen molar-refractivity contribution in [2.24, 2.45) is 5.73 Å². The number of carbonyl (C=O) groups is 2. The van der Waals surface area contributed by atoms with E-state index >= 15 is 0 Å². The first-order valence-electron chi connectivity index (χ1n) is 7.35. The van der Waals surface area contributed by atoms with E-state index in [2.05, 4.69) is 6.92 Å². The molecular formula is C16H22N2O2. The van der Waals surface area contributed by atoms with Crippen LogP contribution in [0.2, 0.25) is 0 Å². The molecule has 0 unspecified atom stereocenters. The lowest BCUT2D eigenvalue weighted by Gasteiger charge is -2.27. The summed E-state index contributed by atoms with van der Waals surface area (Å²) in [5.74, 6) is -0.593. The van der Waals surface area contributed by atoms with Crippen LogP contribution < -0.4 is 5.73 Å². The quantitative estimate of drug-likeness (QED) is 0.916. The summed E-state index contributed by atoms with van der Waals surface area (Å²) in [5.41, 5.74) is 7.29. The van der Waals surface area contributed by atoms with Crippen LogP contribution in [0.4, 0.5) is 0 Å². The van der Waals surface area contributed by atoms with Crippen LogP contribution in [0.15, 0.2) is 18.2 Å². The Hall–Kier alpha value is -1.84. The molecule has 0 aliphatic carbocycles. The molecule has 1 aliphatic heterocycles. The zero-order chi connectivity index (χ0) is 14.5. The Kier molecular flexibility index (Phi) is 4.77. The molecule has 0 spiro atoms. The first-order chi connectivity index (χ1) is 9.63. The number of primary amides is 1. The summed E-state index contributed by atoms with van der Waals surface area (Å²) in [4.78, 5) is 26.0. The van der Waals surface area contributed by atoms with Crippen molar-refractivity contribution < 1.29 is 9.59 Å². The smallest absolute Gasteiger partial charge is 0.254 e. The Morgan fingerprint density at radius 2 is 1.85 bits per heavy atom. The number of hydrogen-bond donors (Lipinski definition) is 1. The van der Waals surface area contributed by atoms with Gasteiger partial charge in [0, 0.05) is 13.1 Å². The summed E-state index contributed by atoms with van der Waals surface area (Å²) in [7, 11) is 0. The summed E-state index contributed by atoms with van der Waals surface area (Å²) >= 11 is 0. The summed E-state index contributed by atoms with van der Waals surface area (Å²) in [6.07, 6.45) is 5.12. The minimum atomic E-state index is -0.525. The Morgan fingerprint density at radius 3 is 2.45 bits per heavy atom. The Morgan fingerprint density at radius 1 is 1.15 bits per heavy atom. The van der Waals surface area contributed by atoms with E-state index in [0.29, 0.717) is 11.1 Å². The zero-order valence-electron chi connectivity index (χ0n) is 12.0. The predicted molar refractivity (Wildman–Crippen MR) is 78.7 cm³/mol. The standard InChI is InChI=1S/C16H22N2O2/c1-2-6-12-7-8-13(14(11-12)15(17)19)16(20)18-9-4-3-5-10-18/h7-8,11H,2-6,9-10H2,1H3,(H2,17,19). The van der Waals surface area contributed by atoms with Gasteiger partial charge < -0.3 is 10.6 Å². The number of carbonyl (C=O) groups excluding carboxylic acids is 2. The van der Waals surface area contributed by atoms with Crippen LogP contribution in [-0.2, 0) is 6.42 Å². The highest BCUT2D eigenvalue weighted by Crippen LogP contribution is 2.18. The van der Waals surface area contributed by atoms with Gasteiger partial charge in [-0.05, 0) is 43.4 Å². The highest BCUT2D eigenvalue weighted by atomic mass is 16.2. The van der Waals surface area contributed by atoms with Crippen molar-refractivity contribution in [1.29, 1.82) is 0 Å². The summed E-state index contributed by atoms with van der Waals surface area (Å²) in [6.45, 7) is 3.62. The predicted octanol–water partition coefficient (Wildman–Crippen LogP) is 2.36. The third-order valence-electron chi connectivity index (χ3n) is 3.76. The molecule has 1 saturated heterocycles. The summed E-state index contributed by atoms with van der Waals surface area (Å²) in [6, 6.07) is 5.44. The van der Waals surface area contributed by atoms with Crippen molar-refractivity contribution in [1.82, 2.24) is 4.90 Å². The van der Waals surface area contributed by atoms with E-state index in [1.807, 2.05) is 11.0 Å². The van der Waals surface area contributed by atoms with Gasteiger partial charge >= 0.3 is 0 Å². The molecule has 1 aromatic carbocycles. The number of hydrogen-bond acceptors (Lipinski definition) is 2. The van der Waals surface area contributed by atoms with E-state index in [9.17, 15) is 9.59 Å². The Bertz CT molecular complexity index is 505. The molecule has 4 heteroatoms. The van der Waals surface area contributed by atoms with Crippen molar-refractivity contribution in [3.05, 3.63) is 34.9 Å². The van der Waals surface area contributed by atoms with Gasteiger partial charge in [0.15, 0.2) is 0 Å². The van der Waals surface area contributed by atoms with Crippen LogP contribution in [0.1, 0.15) is 58.9 Å².